The second kappa shape index (κ2) is 4.02. The van der Waals surface area contributed by atoms with Crippen LogP contribution in [-0.2, 0) is 0 Å². The summed E-state index contributed by atoms with van der Waals surface area (Å²) in [6, 6.07) is 0. The van der Waals surface area contributed by atoms with Crippen LogP contribution >= 0.6 is 0 Å². The second-order valence-electron chi connectivity index (χ2n) is 2.47. The third-order valence-corrected chi connectivity index (χ3v) is 1.37. The molecule has 0 aromatic heterocycles. The second-order valence-corrected chi connectivity index (χ2v) is 2.47. The largest absolute Gasteiger partial charge is 0.420 e. The lowest BCUT2D eigenvalue weighted by Gasteiger charge is -2.19. The van der Waals surface area contributed by atoms with Gasteiger partial charge in [0, 0.05) is 6.42 Å². The first kappa shape index (κ1) is 12.3. The summed E-state index contributed by atoms with van der Waals surface area (Å²) in [5.74, 6) is -4.14. The van der Waals surface area contributed by atoms with E-state index in [9.17, 15) is 26.3 Å². The minimum atomic E-state index is -5.31. The molecular weight excluding hydrogens is 198 g/mol. The SMILES string of the molecule is CCCC(F)(F)C(=CF)C(F)(F)F. The highest BCUT2D eigenvalue weighted by molar-refractivity contribution is 5.15. The van der Waals surface area contributed by atoms with Crippen LogP contribution in [-0.4, -0.2) is 12.1 Å². The van der Waals surface area contributed by atoms with Gasteiger partial charge in [0.1, 0.15) is 11.9 Å². The number of alkyl halides is 5. The van der Waals surface area contributed by atoms with Crippen LogP contribution in [0.2, 0.25) is 0 Å². The Morgan fingerprint density at radius 3 is 1.85 bits per heavy atom. The minimum Gasteiger partial charge on any atom is -0.215 e. The molecule has 0 rings (SSSR count). The van der Waals surface area contributed by atoms with Crippen molar-refractivity contribution in [2.75, 3.05) is 0 Å². The molecule has 0 amide bonds. The Labute approximate surface area is 71.2 Å². The average Bonchev–Trinajstić information content (AvgIpc) is 1.83. The Kier molecular flexibility index (Phi) is 3.81. The van der Waals surface area contributed by atoms with Gasteiger partial charge in [0.2, 0.25) is 0 Å². The van der Waals surface area contributed by atoms with Crippen LogP contribution < -0.4 is 0 Å². The van der Waals surface area contributed by atoms with Gasteiger partial charge in [-0.25, -0.2) is 13.2 Å². The molecule has 0 aliphatic carbocycles. The maximum Gasteiger partial charge on any atom is 0.420 e. The summed E-state index contributed by atoms with van der Waals surface area (Å²) in [4.78, 5) is 0. The summed E-state index contributed by atoms with van der Waals surface area (Å²) in [6.07, 6.45) is -7.55. The van der Waals surface area contributed by atoms with Crippen LogP contribution in [0.3, 0.4) is 0 Å². The first-order chi connectivity index (χ1) is 5.75. The number of hydrogen-bond acceptors (Lipinski definition) is 0. The zero-order valence-electron chi connectivity index (χ0n) is 6.76. The molecule has 0 heterocycles. The van der Waals surface area contributed by atoms with Gasteiger partial charge in [0.25, 0.3) is 5.92 Å². The lowest BCUT2D eigenvalue weighted by Crippen LogP contribution is -2.29. The Morgan fingerprint density at radius 1 is 1.15 bits per heavy atom. The van der Waals surface area contributed by atoms with E-state index in [1.54, 1.807) is 0 Å². The standard InChI is InChI=1S/C7H8F6/c1-2-3-6(9,10)5(4-8)7(11,12)13/h4H,2-3H2,1H3. The van der Waals surface area contributed by atoms with Crippen molar-refractivity contribution >= 4 is 0 Å². The lowest BCUT2D eigenvalue weighted by molar-refractivity contribution is -0.132. The Morgan fingerprint density at radius 2 is 1.62 bits per heavy atom. The van der Waals surface area contributed by atoms with Gasteiger partial charge >= 0.3 is 6.18 Å². The molecule has 0 saturated heterocycles. The van der Waals surface area contributed by atoms with E-state index >= 15 is 0 Å². The van der Waals surface area contributed by atoms with Crippen molar-refractivity contribution in [1.29, 1.82) is 0 Å². The topological polar surface area (TPSA) is 0 Å². The molecule has 13 heavy (non-hydrogen) atoms. The van der Waals surface area contributed by atoms with Crippen LogP contribution in [0.25, 0.3) is 0 Å². The van der Waals surface area contributed by atoms with E-state index in [-0.39, 0.29) is 6.42 Å². The smallest absolute Gasteiger partial charge is 0.215 e. The van der Waals surface area contributed by atoms with E-state index in [2.05, 4.69) is 0 Å². The van der Waals surface area contributed by atoms with Gasteiger partial charge in [-0.2, -0.15) is 13.2 Å². The minimum absolute atomic E-state index is 0.152. The molecule has 0 aromatic rings. The van der Waals surface area contributed by atoms with Crippen molar-refractivity contribution in [3.63, 3.8) is 0 Å². The van der Waals surface area contributed by atoms with E-state index in [0.29, 0.717) is 0 Å². The van der Waals surface area contributed by atoms with Crippen LogP contribution in [0.5, 0.6) is 0 Å². The van der Waals surface area contributed by atoms with Crippen molar-refractivity contribution in [3.8, 4) is 0 Å². The fourth-order valence-electron chi connectivity index (χ4n) is 0.798. The predicted octanol–water partition coefficient (Wildman–Crippen LogP) is 3.84. The number of hydrogen-bond donors (Lipinski definition) is 0. The van der Waals surface area contributed by atoms with Gasteiger partial charge in [0.05, 0.1) is 0 Å². The van der Waals surface area contributed by atoms with Gasteiger partial charge in [-0.1, -0.05) is 13.3 Å². The fraction of sp³-hybridized carbons (Fsp3) is 0.714. The average molecular weight is 206 g/mol. The van der Waals surface area contributed by atoms with E-state index < -0.39 is 30.4 Å². The molecule has 0 bridgehead atoms. The molecule has 78 valence electrons. The first-order valence-electron chi connectivity index (χ1n) is 3.51. The summed E-state index contributed by atoms with van der Waals surface area (Å²) in [5, 5.41) is 0. The third kappa shape index (κ3) is 3.28. The van der Waals surface area contributed by atoms with Crippen LogP contribution in [0.4, 0.5) is 26.3 Å². The zero-order chi connectivity index (χ0) is 10.7. The molecule has 6 heteroatoms. The number of halogens is 6. The molecule has 0 radical (unpaired) electrons. The molecule has 0 fully saturated rings. The Bertz CT molecular complexity index is 190. The molecule has 0 aromatic carbocycles. The van der Waals surface area contributed by atoms with Crippen LogP contribution in [0, 0.1) is 0 Å². The van der Waals surface area contributed by atoms with Gasteiger partial charge in [-0.3, -0.25) is 0 Å². The highest BCUT2D eigenvalue weighted by atomic mass is 19.4. The zero-order valence-corrected chi connectivity index (χ0v) is 6.76. The monoisotopic (exact) mass is 206 g/mol. The van der Waals surface area contributed by atoms with Crippen molar-refractivity contribution in [3.05, 3.63) is 11.9 Å². The Hall–Kier alpha value is -0.680. The number of rotatable bonds is 3. The summed E-state index contributed by atoms with van der Waals surface area (Å²) < 4.78 is 72.0. The third-order valence-electron chi connectivity index (χ3n) is 1.37. The summed E-state index contributed by atoms with van der Waals surface area (Å²) in [5.41, 5.74) is -2.41. The highest BCUT2D eigenvalue weighted by Crippen LogP contribution is 2.40. The molecule has 0 spiro atoms. The van der Waals surface area contributed by atoms with E-state index in [1.165, 1.54) is 6.92 Å². The molecule has 0 atom stereocenters. The normalized spacial score (nSPS) is 14.8. The van der Waals surface area contributed by atoms with Gasteiger partial charge in [-0.15, -0.1) is 0 Å². The van der Waals surface area contributed by atoms with Gasteiger partial charge in [0.15, 0.2) is 0 Å². The van der Waals surface area contributed by atoms with Gasteiger partial charge in [-0.05, 0) is 0 Å². The molecule has 0 aliphatic rings. The molecule has 0 aliphatic heterocycles. The molecule has 0 saturated carbocycles. The molecule has 0 nitrogen and oxygen atoms in total. The van der Waals surface area contributed by atoms with E-state index in [0.717, 1.165) is 0 Å². The molecule has 0 unspecified atom stereocenters. The van der Waals surface area contributed by atoms with Crippen molar-refractivity contribution in [2.45, 2.75) is 31.9 Å². The first-order valence-corrected chi connectivity index (χ1v) is 3.51. The summed E-state index contributed by atoms with van der Waals surface area (Å²) in [6.45, 7) is 1.29. The lowest BCUT2D eigenvalue weighted by atomic mass is 10.1. The molecule has 0 N–H and O–H groups in total. The highest BCUT2D eigenvalue weighted by Gasteiger charge is 2.49. The number of allylic oxidation sites excluding steroid dienone is 1. The fourth-order valence-corrected chi connectivity index (χ4v) is 0.798. The van der Waals surface area contributed by atoms with Gasteiger partial charge < -0.3 is 0 Å². The van der Waals surface area contributed by atoms with Crippen LogP contribution in [0.15, 0.2) is 11.9 Å². The van der Waals surface area contributed by atoms with Crippen molar-refractivity contribution < 1.29 is 26.3 Å². The summed E-state index contributed by atoms with van der Waals surface area (Å²) >= 11 is 0. The summed E-state index contributed by atoms with van der Waals surface area (Å²) in [7, 11) is 0. The van der Waals surface area contributed by atoms with E-state index in [1.807, 2.05) is 0 Å². The van der Waals surface area contributed by atoms with E-state index in [4.69, 9.17) is 0 Å². The maximum absolute atomic E-state index is 12.6. The predicted molar refractivity (Wildman–Crippen MR) is 35.1 cm³/mol. The Balaban J connectivity index is 4.79. The molecular formula is C7H8F6. The van der Waals surface area contributed by atoms with Crippen molar-refractivity contribution in [1.82, 2.24) is 0 Å². The van der Waals surface area contributed by atoms with Crippen molar-refractivity contribution in [2.24, 2.45) is 0 Å². The quantitative estimate of drug-likeness (QED) is 0.615. The maximum atomic E-state index is 12.6. The van der Waals surface area contributed by atoms with Crippen LogP contribution in [0.1, 0.15) is 19.8 Å².